The number of hydrogen-bond donors (Lipinski definition) is 0. The van der Waals surface area contributed by atoms with Gasteiger partial charge in [-0.05, 0) is 36.0 Å². The van der Waals surface area contributed by atoms with E-state index in [1.807, 2.05) is 12.1 Å². The first-order valence-corrected chi connectivity index (χ1v) is 8.14. The van der Waals surface area contributed by atoms with Gasteiger partial charge >= 0.3 is 0 Å². The fraction of sp³-hybridized carbons (Fsp3) is 0.625. The second-order valence-corrected chi connectivity index (χ2v) is 5.71. The molecule has 18 heavy (non-hydrogen) atoms. The van der Waals surface area contributed by atoms with Gasteiger partial charge in [-0.2, -0.15) is 0 Å². The van der Waals surface area contributed by atoms with Gasteiger partial charge in [0.15, 0.2) is 0 Å². The van der Waals surface area contributed by atoms with Crippen LogP contribution >= 0.6 is 15.9 Å². The van der Waals surface area contributed by atoms with Crippen molar-refractivity contribution in [2.75, 3.05) is 5.33 Å². The third-order valence-electron chi connectivity index (χ3n) is 3.67. The molecule has 0 saturated heterocycles. The molecule has 0 aliphatic heterocycles. The van der Waals surface area contributed by atoms with Crippen LogP contribution in [0.5, 0.6) is 0 Å². The molecule has 0 nitrogen and oxygen atoms in total. The van der Waals surface area contributed by atoms with Gasteiger partial charge in [-0.25, -0.2) is 4.39 Å². The molecule has 1 rings (SSSR count). The van der Waals surface area contributed by atoms with Crippen molar-refractivity contribution in [1.29, 1.82) is 0 Å². The number of unbranched alkanes of at least 4 members (excludes halogenated alkanes) is 1. The second kappa shape index (κ2) is 8.68. The fourth-order valence-corrected chi connectivity index (χ4v) is 3.07. The van der Waals surface area contributed by atoms with Crippen molar-refractivity contribution in [3.05, 3.63) is 35.6 Å². The van der Waals surface area contributed by atoms with E-state index in [1.165, 1.54) is 31.7 Å². The number of halogens is 2. The highest BCUT2D eigenvalue weighted by Gasteiger charge is 2.16. The molecule has 0 radical (unpaired) electrons. The van der Waals surface area contributed by atoms with Crippen LogP contribution in [0.2, 0.25) is 0 Å². The molecule has 2 unspecified atom stereocenters. The van der Waals surface area contributed by atoms with Gasteiger partial charge < -0.3 is 0 Å². The maximum Gasteiger partial charge on any atom is 0.123 e. The highest BCUT2D eigenvalue weighted by atomic mass is 79.9. The predicted molar refractivity (Wildman–Crippen MR) is 80.9 cm³/mol. The molecule has 0 saturated carbocycles. The fourth-order valence-electron chi connectivity index (χ4n) is 2.43. The van der Waals surface area contributed by atoms with Gasteiger partial charge in [0.2, 0.25) is 0 Å². The van der Waals surface area contributed by atoms with Gasteiger partial charge in [0, 0.05) is 5.33 Å². The van der Waals surface area contributed by atoms with Crippen LogP contribution in [0.15, 0.2) is 24.3 Å². The molecule has 2 heteroatoms. The Hall–Kier alpha value is -0.370. The van der Waals surface area contributed by atoms with Gasteiger partial charge in [-0.3, -0.25) is 0 Å². The van der Waals surface area contributed by atoms with E-state index in [2.05, 4.69) is 29.8 Å². The molecular formula is C16H24BrF. The maximum atomic E-state index is 13.3. The van der Waals surface area contributed by atoms with E-state index in [9.17, 15) is 4.39 Å². The molecular weight excluding hydrogens is 291 g/mol. The first-order chi connectivity index (χ1) is 8.71. The summed E-state index contributed by atoms with van der Waals surface area (Å²) in [5.74, 6) is 1.07. The number of alkyl halides is 1. The molecule has 0 aliphatic rings. The SMILES string of the molecule is CCCCC(CC)CC(CBr)c1cccc(F)c1. The van der Waals surface area contributed by atoms with Crippen LogP contribution in [0.3, 0.4) is 0 Å². The average molecular weight is 315 g/mol. The third-order valence-corrected chi connectivity index (χ3v) is 4.45. The van der Waals surface area contributed by atoms with Gasteiger partial charge in [0.05, 0.1) is 0 Å². The normalized spacial score (nSPS) is 14.4. The average Bonchev–Trinajstić information content (AvgIpc) is 2.39. The molecule has 0 bridgehead atoms. The Morgan fingerprint density at radius 1 is 1.28 bits per heavy atom. The summed E-state index contributed by atoms with van der Waals surface area (Å²) < 4.78 is 13.3. The molecule has 0 heterocycles. The summed E-state index contributed by atoms with van der Waals surface area (Å²) in [4.78, 5) is 0. The molecule has 0 aliphatic carbocycles. The number of hydrogen-bond acceptors (Lipinski definition) is 0. The standard InChI is InChI=1S/C16H24BrF/c1-3-5-7-13(4-2)10-15(12-17)14-8-6-9-16(18)11-14/h6,8-9,11,13,15H,3-5,7,10,12H2,1-2H3. The van der Waals surface area contributed by atoms with Crippen LogP contribution in [0.1, 0.15) is 57.4 Å². The quantitative estimate of drug-likeness (QED) is 0.523. The van der Waals surface area contributed by atoms with Crippen molar-refractivity contribution in [3.63, 3.8) is 0 Å². The molecule has 0 spiro atoms. The van der Waals surface area contributed by atoms with Crippen LogP contribution < -0.4 is 0 Å². The van der Waals surface area contributed by atoms with Crippen molar-refractivity contribution in [2.45, 2.75) is 51.9 Å². The van der Waals surface area contributed by atoms with Crippen LogP contribution in [0, 0.1) is 11.7 Å². The van der Waals surface area contributed by atoms with E-state index in [4.69, 9.17) is 0 Å². The topological polar surface area (TPSA) is 0 Å². The predicted octanol–water partition coefficient (Wildman–Crippen LogP) is 5.91. The minimum absolute atomic E-state index is 0.125. The van der Waals surface area contributed by atoms with Crippen molar-refractivity contribution >= 4 is 15.9 Å². The Morgan fingerprint density at radius 3 is 2.61 bits per heavy atom. The lowest BCUT2D eigenvalue weighted by Crippen LogP contribution is -2.09. The van der Waals surface area contributed by atoms with Crippen molar-refractivity contribution in [3.8, 4) is 0 Å². The molecule has 0 fully saturated rings. The van der Waals surface area contributed by atoms with E-state index in [1.54, 1.807) is 6.07 Å². The van der Waals surface area contributed by atoms with Gasteiger partial charge in [-0.15, -0.1) is 0 Å². The first kappa shape index (κ1) is 15.7. The lowest BCUT2D eigenvalue weighted by Gasteiger charge is -2.21. The van der Waals surface area contributed by atoms with Crippen molar-refractivity contribution in [2.24, 2.45) is 5.92 Å². The summed E-state index contributed by atoms with van der Waals surface area (Å²) in [6.07, 6.45) is 6.24. The molecule has 1 aromatic rings. The first-order valence-electron chi connectivity index (χ1n) is 7.02. The zero-order valence-corrected chi connectivity index (χ0v) is 13.0. The van der Waals surface area contributed by atoms with E-state index < -0.39 is 0 Å². The van der Waals surface area contributed by atoms with E-state index in [-0.39, 0.29) is 5.82 Å². The van der Waals surface area contributed by atoms with Crippen molar-refractivity contribution in [1.82, 2.24) is 0 Å². The Balaban J connectivity index is 2.65. The summed E-state index contributed by atoms with van der Waals surface area (Å²) in [5.41, 5.74) is 1.13. The van der Waals surface area contributed by atoms with Gasteiger partial charge in [0.25, 0.3) is 0 Å². The molecule has 102 valence electrons. The Bertz CT molecular complexity index is 338. The van der Waals surface area contributed by atoms with Crippen LogP contribution in [-0.2, 0) is 0 Å². The van der Waals surface area contributed by atoms with Gasteiger partial charge in [-0.1, -0.05) is 67.6 Å². The van der Waals surface area contributed by atoms with Crippen molar-refractivity contribution < 1.29 is 4.39 Å². The molecule has 1 aromatic carbocycles. The molecule has 0 aromatic heterocycles. The summed E-state index contributed by atoms with van der Waals surface area (Å²) in [6.45, 7) is 4.50. The lowest BCUT2D eigenvalue weighted by atomic mass is 9.86. The summed E-state index contributed by atoms with van der Waals surface area (Å²) in [6, 6.07) is 7.05. The molecule has 2 atom stereocenters. The highest BCUT2D eigenvalue weighted by molar-refractivity contribution is 9.09. The zero-order chi connectivity index (χ0) is 13.4. The lowest BCUT2D eigenvalue weighted by molar-refractivity contribution is 0.396. The Labute approximate surface area is 119 Å². The van der Waals surface area contributed by atoms with Crippen LogP contribution in [0.4, 0.5) is 4.39 Å². The number of benzene rings is 1. The minimum atomic E-state index is -0.125. The van der Waals surface area contributed by atoms with Crippen LogP contribution in [0.25, 0.3) is 0 Å². The Kier molecular flexibility index (Phi) is 7.57. The minimum Gasteiger partial charge on any atom is -0.207 e. The van der Waals surface area contributed by atoms with Crippen LogP contribution in [-0.4, -0.2) is 5.33 Å². The second-order valence-electron chi connectivity index (χ2n) is 5.06. The summed E-state index contributed by atoms with van der Waals surface area (Å²) in [7, 11) is 0. The highest BCUT2D eigenvalue weighted by Crippen LogP contribution is 2.30. The van der Waals surface area contributed by atoms with E-state index >= 15 is 0 Å². The maximum absolute atomic E-state index is 13.3. The largest absolute Gasteiger partial charge is 0.207 e. The summed E-state index contributed by atoms with van der Waals surface area (Å²) in [5, 5.41) is 0.916. The van der Waals surface area contributed by atoms with E-state index in [0.717, 1.165) is 23.2 Å². The Morgan fingerprint density at radius 2 is 2.06 bits per heavy atom. The summed E-state index contributed by atoms with van der Waals surface area (Å²) >= 11 is 3.58. The molecule has 0 amide bonds. The third kappa shape index (κ3) is 5.09. The molecule has 0 N–H and O–H groups in total. The smallest absolute Gasteiger partial charge is 0.123 e. The zero-order valence-electron chi connectivity index (χ0n) is 11.5. The number of rotatable bonds is 8. The van der Waals surface area contributed by atoms with E-state index in [0.29, 0.717) is 5.92 Å². The van der Waals surface area contributed by atoms with Gasteiger partial charge in [0.1, 0.15) is 5.82 Å². The monoisotopic (exact) mass is 314 g/mol.